The first kappa shape index (κ1) is 9.90. The SMILES string of the molecule is Nc1nc(Cc2nc(-c3ncn[nH]3)no2)cs1. The summed E-state index contributed by atoms with van der Waals surface area (Å²) in [6, 6.07) is 0. The van der Waals surface area contributed by atoms with Gasteiger partial charge in [-0.1, -0.05) is 5.16 Å². The highest BCUT2D eigenvalue weighted by Crippen LogP contribution is 2.15. The zero-order chi connectivity index (χ0) is 11.7. The van der Waals surface area contributed by atoms with Crippen LogP contribution in [0.4, 0.5) is 5.13 Å². The quantitative estimate of drug-likeness (QED) is 0.692. The standard InChI is InChI=1S/C8H7N7OS/c9-8-12-4(2-17-8)1-5-13-7(15-16-5)6-10-3-11-14-6/h2-3H,1H2,(H2,9,12)(H,10,11,14). The molecule has 9 heteroatoms. The molecular weight excluding hydrogens is 242 g/mol. The van der Waals surface area contributed by atoms with E-state index in [0.717, 1.165) is 5.69 Å². The molecule has 0 spiro atoms. The first-order chi connectivity index (χ1) is 8.31. The molecule has 3 heterocycles. The molecule has 0 unspecified atom stereocenters. The second kappa shape index (κ2) is 3.94. The summed E-state index contributed by atoms with van der Waals surface area (Å²) in [4.78, 5) is 12.2. The topological polar surface area (TPSA) is 119 Å². The van der Waals surface area contributed by atoms with Crippen LogP contribution >= 0.6 is 11.3 Å². The summed E-state index contributed by atoms with van der Waals surface area (Å²) in [7, 11) is 0. The highest BCUT2D eigenvalue weighted by Gasteiger charge is 2.12. The number of hydrogen-bond donors (Lipinski definition) is 2. The zero-order valence-corrected chi connectivity index (χ0v) is 9.31. The van der Waals surface area contributed by atoms with Crippen molar-refractivity contribution in [2.45, 2.75) is 6.42 Å². The Balaban J connectivity index is 1.81. The van der Waals surface area contributed by atoms with Crippen LogP contribution < -0.4 is 5.73 Å². The van der Waals surface area contributed by atoms with Gasteiger partial charge in [-0.25, -0.2) is 9.97 Å². The molecule has 0 aromatic carbocycles. The number of hydrogen-bond acceptors (Lipinski definition) is 8. The molecule has 0 aliphatic carbocycles. The van der Waals surface area contributed by atoms with Crippen molar-refractivity contribution in [2.24, 2.45) is 0 Å². The predicted octanol–water partition coefficient (Wildman–Crippen LogP) is 0.484. The Kier molecular flexibility index (Phi) is 2.29. The van der Waals surface area contributed by atoms with E-state index in [-0.39, 0.29) is 0 Å². The van der Waals surface area contributed by atoms with Crippen molar-refractivity contribution in [3.8, 4) is 11.6 Å². The van der Waals surface area contributed by atoms with E-state index in [4.69, 9.17) is 10.3 Å². The monoisotopic (exact) mass is 249 g/mol. The average Bonchev–Trinajstić information content (AvgIpc) is 3.00. The lowest BCUT2D eigenvalue weighted by atomic mass is 10.3. The minimum Gasteiger partial charge on any atom is -0.375 e. The smallest absolute Gasteiger partial charge is 0.239 e. The number of nitrogens with one attached hydrogen (secondary N) is 1. The Morgan fingerprint density at radius 3 is 3.06 bits per heavy atom. The van der Waals surface area contributed by atoms with Crippen molar-refractivity contribution in [1.82, 2.24) is 30.3 Å². The molecular formula is C8H7N7OS. The van der Waals surface area contributed by atoms with E-state index in [2.05, 4.69) is 30.3 Å². The molecule has 0 aliphatic rings. The molecule has 0 amide bonds. The van der Waals surface area contributed by atoms with Gasteiger partial charge in [0.2, 0.25) is 11.7 Å². The molecule has 0 atom stereocenters. The Labute approximate surface area is 98.9 Å². The number of nitrogen functional groups attached to an aromatic ring is 1. The minimum atomic E-state index is 0.376. The van der Waals surface area contributed by atoms with Gasteiger partial charge in [0.1, 0.15) is 6.33 Å². The summed E-state index contributed by atoms with van der Waals surface area (Å²) < 4.78 is 5.08. The first-order valence-electron chi connectivity index (χ1n) is 4.69. The minimum absolute atomic E-state index is 0.376. The lowest BCUT2D eigenvalue weighted by Crippen LogP contribution is -1.90. The predicted molar refractivity (Wildman–Crippen MR) is 59.0 cm³/mol. The number of anilines is 1. The van der Waals surface area contributed by atoms with Gasteiger partial charge in [-0.15, -0.1) is 11.3 Å². The third kappa shape index (κ3) is 1.99. The van der Waals surface area contributed by atoms with E-state index in [1.54, 1.807) is 0 Å². The summed E-state index contributed by atoms with van der Waals surface area (Å²) in [5, 5.41) is 12.5. The molecule has 17 heavy (non-hydrogen) atoms. The number of aromatic amines is 1. The third-order valence-corrected chi connectivity index (χ3v) is 2.72. The maximum atomic E-state index is 5.53. The van der Waals surface area contributed by atoms with Crippen molar-refractivity contribution in [3.63, 3.8) is 0 Å². The van der Waals surface area contributed by atoms with E-state index in [1.165, 1.54) is 17.7 Å². The number of H-pyrrole nitrogens is 1. The summed E-state index contributed by atoms with van der Waals surface area (Å²) in [6.45, 7) is 0. The molecule has 3 rings (SSSR count). The molecule has 86 valence electrons. The molecule has 0 saturated carbocycles. The van der Waals surface area contributed by atoms with Crippen LogP contribution in [0, 0.1) is 0 Å². The molecule has 3 aromatic heterocycles. The van der Waals surface area contributed by atoms with Crippen molar-refractivity contribution in [2.75, 3.05) is 5.73 Å². The maximum absolute atomic E-state index is 5.53. The highest BCUT2D eigenvalue weighted by molar-refractivity contribution is 7.13. The number of nitrogens with zero attached hydrogens (tertiary/aromatic N) is 5. The maximum Gasteiger partial charge on any atom is 0.239 e. The van der Waals surface area contributed by atoms with Crippen molar-refractivity contribution >= 4 is 16.5 Å². The van der Waals surface area contributed by atoms with Crippen molar-refractivity contribution in [3.05, 3.63) is 23.3 Å². The summed E-state index contributed by atoms with van der Waals surface area (Å²) in [6.07, 6.45) is 1.83. The van der Waals surface area contributed by atoms with Crippen LogP contribution in [0.3, 0.4) is 0 Å². The van der Waals surface area contributed by atoms with E-state index in [1.807, 2.05) is 5.38 Å². The number of aromatic nitrogens is 6. The Bertz CT molecular complexity index is 613. The van der Waals surface area contributed by atoms with E-state index < -0.39 is 0 Å². The average molecular weight is 249 g/mol. The van der Waals surface area contributed by atoms with Crippen LogP contribution in [0.5, 0.6) is 0 Å². The van der Waals surface area contributed by atoms with Crippen LogP contribution in [0.1, 0.15) is 11.6 Å². The van der Waals surface area contributed by atoms with Gasteiger partial charge in [0.05, 0.1) is 12.1 Å². The van der Waals surface area contributed by atoms with Gasteiger partial charge < -0.3 is 10.3 Å². The number of nitrogens with two attached hydrogens (primary N) is 1. The summed E-state index contributed by atoms with van der Waals surface area (Å²) in [5.41, 5.74) is 6.34. The first-order valence-corrected chi connectivity index (χ1v) is 5.57. The number of thiazole rings is 1. The largest absolute Gasteiger partial charge is 0.375 e. The Morgan fingerprint density at radius 1 is 1.41 bits per heavy atom. The highest BCUT2D eigenvalue weighted by atomic mass is 32.1. The van der Waals surface area contributed by atoms with Crippen LogP contribution in [0.25, 0.3) is 11.6 Å². The molecule has 0 aliphatic heterocycles. The fraction of sp³-hybridized carbons (Fsp3) is 0.125. The fourth-order valence-electron chi connectivity index (χ4n) is 1.29. The van der Waals surface area contributed by atoms with Crippen LogP contribution in [0.15, 0.2) is 16.2 Å². The molecule has 0 saturated heterocycles. The van der Waals surface area contributed by atoms with Gasteiger partial charge in [-0.3, -0.25) is 5.10 Å². The lowest BCUT2D eigenvalue weighted by molar-refractivity contribution is 0.385. The Hall–Kier alpha value is -2.29. The van der Waals surface area contributed by atoms with E-state index in [9.17, 15) is 0 Å². The Morgan fingerprint density at radius 2 is 2.35 bits per heavy atom. The second-order valence-corrected chi connectivity index (χ2v) is 4.09. The van der Waals surface area contributed by atoms with Gasteiger partial charge in [0.15, 0.2) is 11.0 Å². The molecule has 3 N–H and O–H groups in total. The van der Waals surface area contributed by atoms with Crippen molar-refractivity contribution in [1.29, 1.82) is 0 Å². The van der Waals surface area contributed by atoms with Crippen LogP contribution in [-0.2, 0) is 6.42 Å². The molecule has 8 nitrogen and oxygen atoms in total. The summed E-state index contributed by atoms with van der Waals surface area (Å²) >= 11 is 1.38. The lowest BCUT2D eigenvalue weighted by Gasteiger charge is -1.87. The number of rotatable bonds is 3. The second-order valence-electron chi connectivity index (χ2n) is 3.20. The van der Waals surface area contributed by atoms with Crippen LogP contribution in [0.2, 0.25) is 0 Å². The molecule has 0 radical (unpaired) electrons. The third-order valence-electron chi connectivity index (χ3n) is 2.00. The molecule has 0 bridgehead atoms. The van der Waals surface area contributed by atoms with Gasteiger partial charge in [-0.05, 0) is 0 Å². The molecule has 0 fully saturated rings. The van der Waals surface area contributed by atoms with Gasteiger partial charge in [0.25, 0.3) is 0 Å². The van der Waals surface area contributed by atoms with Gasteiger partial charge in [0, 0.05) is 5.38 Å². The summed E-state index contributed by atoms with van der Waals surface area (Å²) in [5.74, 6) is 1.31. The zero-order valence-electron chi connectivity index (χ0n) is 8.49. The normalized spacial score (nSPS) is 10.8. The van der Waals surface area contributed by atoms with Gasteiger partial charge >= 0.3 is 0 Å². The van der Waals surface area contributed by atoms with E-state index in [0.29, 0.717) is 29.1 Å². The van der Waals surface area contributed by atoms with E-state index >= 15 is 0 Å². The van der Waals surface area contributed by atoms with Crippen molar-refractivity contribution < 1.29 is 4.52 Å². The molecule has 3 aromatic rings. The van der Waals surface area contributed by atoms with Crippen LogP contribution in [-0.4, -0.2) is 30.3 Å². The fourth-order valence-corrected chi connectivity index (χ4v) is 1.86. The van der Waals surface area contributed by atoms with Gasteiger partial charge in [-0.2, -0.15) is 10.1 Å².